The third-order valence-electron chi connectivity index (χ3n) is 3.34. The second-order valence-electron chi connectivity index (χ2n) is 5.70. The largest absolute Gasteiger partial charge is 0.507 e. The van der Waals surface area contributed by atoms with Crippen molar-refractivity contribution in [3.05, 3.63) is 65.7 Å². The molecule has 2 rings (SSSR count). The van der Waals surface area contributed by atoms with Gasteiger partial charge in [-0.15, -0.1) is 0 Å². The predicted octanol–water partition coefficient (Wildman–Crippen LogP) is 3.53. The molecule has 0 amide bonds. The quantitative estimate of drug-likeness (QED) is 0.627. The number of carboxylic acids is 1. The average molecular weight is 326 g/mol. The van der Waals surface area contributed by atoms with Crippen LogP contribution >= 0.6 is 0 Å². The Labute approximate surface area is 139 Å². The third-order valence-corrected chi connectivity index (χ3v) is 3.34. The van der Waals surface area contributed by atoms with Crippen LogP contribution in [-0.4, -0.2) is 27.6 Å². The standard InChI is InChI=1S/C19H18O5/c1-19(2,18(22)23)24-14-7-5-6-13(12-14)10-11-17(21)15-8-3-4-9-16(15)20/h3-12,20H,1-2H3,(H,22,23)/b11-10+. The summed E-state index contributed by atoms with van der Waals surface area (Å²) in [6.07, 6.45) is 2.92. The van der Waals surface area contributed by atoms with Gasteiger partial charge in [0, 0.05) is 0 Å². The van der Waals surface area contributed by atoms with Gasteiger partial charge in [-0.2, -0.15) is 0 Å². The molecule has 0 saturated heterocycles. The van der Waals surface area contributed by atoms with Crippen LogP contribution in [0.4, 0.5) is 0 Å². The lowest BCUT2D eigenvalue weighted by molar-refractivity contribution is -0.152. The molecule has 124 valence electrons. The van der Waals surface area contributed by atoms with Crippen LogP contribution in [0, 0.1) is 0 Å². The second-order valence-corrected chi connectivity index (χ2v) is 5.70. The minimum atomic E-state index is -1.35. The van der Waals surface area contributed by atoms with Crippen LogP contribution in [0.1, 0.15) is 29.8 Å². The van der Waals surface area contributed by atoms with E-state index >= 15 is 0 Å². The molecule has 2 aromatic rings. The van der Waals surface area contributed by atoms with Gasteiger partial charge in [-0.1, -0.05) is 30.3 Å². The summed E-state index contributed by atoms with van der Waals surface area (Å²) in [4.78, 5) is 23.2. The van der Waals surface area contributed by atoms with E-state index in [0.717, 1.165) is 0 Å². The van der Waals surface area contributed by atoms with Gasteiger partial charge in [0.05, 0.1) is 5.56 Å². The molecule has 0 spiro atoms. The molecule has 0 aromatic heterocycles. The van der Waals surface area contributed by atoms with Crippen LogP contribution in [0.3, 0.4) is 0 Å². The van der Waals surface area contributed by atoms with Crippen molar-refractivity contribution < 1.29 is 24.5 Å². The molecule has 0 radical (unpaired) electrons. The van der Waals surface area contributed by atoms with Gasteiger partial charge in [-0.05, 0) is 49.8 Å². The Kier molecular flexibility index (Phi) is 5.04. The van der Waals surface area contributed by atoms with Crippen LogP contribution in [-0.2, 0) is 4.79 Å². The summed E-state index contributed by atoms with van der Waals surface area (Å²) in [6.45, 7) is 2.92. The number of carbonyl (C=O) groups excluding carboxylic acids is 1. The predicted molar refractivity (Wildman–Crippen MR) is 90.3 cm³/mol. The number of phenols is 1. The minimum Gasteiger partial charge on any atom is -0.507 e. The monoisotopic (exact) mass is 326 g/mol. The van der Waals surface area contributed by atoms with Gasteiger partial charge in [-0.3, -0.25) is 4.79 Å². The fraction of sp³-hybridized carbons (Fsp3) is 0.158. The molecule has 5 nitrogen and oxygen atoms in total. The van der Waals surface area contributed by atoms with Crippen LogP contribution in [0.25, 0.3) is 6.08 Å². The first kappa shape index (κ1) is 17.3. The van der Waals surface area contributed by atoms with E-state index in [4.69, 9.17) is 9.84 Å². The average Bonchev–Trinajstić information content (AvgIpc) is 2.53. The highest BCUT2D eigenvalue weighted by atomic mass is 16.5. The Morgan fingerprint density at radius 1 is 1.08 bits per heavy atom. The zero-order valence-electron chi connectivity index (χ0n) is 13.4. The Bertz CT molecular complexity index is 790. The molecular formula is C19H18O5. The molecule has 0 aliphatic heterocycles. The number of carboxylic acid groups (broad SMARTS) is 1. The number of aliphatic carboxylic acids is 1. The van der Waals surface area contributed by atoms with Crippen molar-refractivity contribution in [2.24, 2.45) is 0 Å². The van der Waals surface area contributed by atoms with Gasteiger partial charge in [0.15, 0.2) is 11.4 Å². The smallest absolute Gasteiger partial charge is 0.347 e. The number of benzene rings is 2. The molecule has 0 heterocycles. The first-order valence-corrected chi connectivity index (χ1v) is 7.32. The molecule has 0 atom stereocenters. The molecule has 5 heteroatoms. The number of hydrogen-bond acceptors (Lipinski definition) is 4. The van der Waals surface area contributed by atoms with Crippen molar-refractivity contribution in [3.63, 3.8) is 0 Å². The highest BCUT2D eigenvalue weighted by Gasteiger charge is 2.29. The molecule has 0 fully saturated rings. The van der Waals surface area contributed by atoms with Crippen molar-refractivity contribution in [1.82, 2.24) is 0 Å². The molecule has 0 bridgehead atoms. The molecule has 0 aliphatic rings. The van der Waals surface area contributed by atoms with E-state index in [-0.39, 0.29) is 17.1 Å². The van der Waals surface area contributed by atoms with Crippen molar-refractivity contribution in [3.8, 4) is 11.5 Å². The van der Waals surface area contributed by atoms with E-state index < -0.39 is 11.6 Å². The number of carbonyl (C=O) groups is 2. The number of ether oxygens (including phenoxy) is 1. The summed E-state index contributed by atoms with van der Waals surface area (Å²) < 4.78 is 5.46. The van der Waals surface area contributed by atoms with E-state index in [2.05, 4.69) is 0 Å². The maximum Gasteiger partial charge on any atom is 0.347 e. The summed E-state index contributed by atoms with van der Waals surface area (Å²) in [7, 11) is 0. The number of allylic oxidation sites excluding steroid dienone is 1. The van der Waals surface area contributed by atoms with Gasteiger partial charge < -0.3 is 14.9 Å². The number of hydrogen-bond donors (Lipinski definition) is 2. The van der Waals surface area contributed by atoms with Crippen molar-refractivity contribution >= 4 is 17.8 Å². The molecule has 2 aromatic carbocycles. The van der Waals surface area contributed by atoms with E-state index in [0.29, 0.717) is 11.3 Å². The molecular weight excluding hydrogens is 308 g/mol. The van der Waals surface area contributed by atoms with Gasteiger partial charge in [0.25, 0.3) is 0 Å². The van der Waals surface area contributed by atoms with E-state index in [1.54, 1.807) is 42.5 Å². The lowest BCUT2D eigenvalue weighted by Gasteiger charge is -2.21. The summed E-state index contributed by atoms with van der Waals surface area (Å²) in [5.74, 6) is -1.09. The maximum atomic E-state index is 12.1. The lowest BCUT2D eigenvalue weighted by Crippen LogP contribution is -2.37. The number of ketones is 1. The van der Waals surface area contributed by atoms with E-state index in [1.165, 1.54) is 32.1 Å². The van der Waals surface area contributed by atoms with Gasteiger partial charge in [0.2, 0.25) is 0 Å². The van der Waals surface area contributed by atoms with Crippen molar-refractivity contribution in [2.75, 3.05) is 0 Å². The highest BCUT2D eigenvalue weighted by Crippen LogP contribution is 2.21. The topological polar surface area (TPSA) is 83.8 Å². The van der Waals surface area contributed by atoms with Crippen molar-refractivity contribution in [1.29, 1.82) is 0 Å². The summed E-state index contributed by atoms with van der Waals surface area (Å²) in [5.41, 5.74) is -0.459. The van der Waals surface area contributed by atoms with Gasteiger partial charge >= 0.3 is 5.97 Å². The first-order chi connectivity index (χ1) is 11.3. The molecule has 0 aliphatic carbocycles. The van der Waals surface area contributed by atoms with Gasteiger partial charge in [0.1, 0.15) is 11.5 Å². The molecule has 24 heavy (non-hydrogen) atoms. The van der Waals surface area contributed by atoms with Crippen LogP contribution < -0.4 is 4.74 Å². The van der Waals surface area contributed by atoms with Crippen LogP contribution in [0.5, 0.6) is 11.5 Å². The number of rotatable bonds is 6. The fourth-order valence-corrected chi connectivity index (χ4v) is 1.96. The Balaban J connectivity index is 2.16. The molecule has 2 N–H and O–H groups in total. The van der Waals surface area contributed by atoms with Gasteiger partial charge in [-0.25, -0.2) is 4.79 Å². The maximum absolute atomic E-state index is 12.1. The number of para-hydroxylation sites is 1. The summed E-state index contributed by atoms with van der Waals surface area (Å²) >= 11 is 0. The number of aromatic hydroxyl groups is 1. The minimum absolute atomic E-state index is 0.0764. The fourth-order valence-electron chi connectivity index (χ4n) is 1.96. The summed E-state index contributed by atoms with van der Waals surface area (Å²) in [6, 6.07) is 13.0. The Morgan fingerprint density at radius 2 is 1.79 bits per heavy atom. The zero-order valence-corrected chi connectivity index (χ0v) is 13.4. The Hall–Kier alpha value is -3.08. The third kappa shape index (κ3) is 4.23. The van der Waals surface area contributed by atoms with Crippen molar-refractivity contribution in [2.45, 2.75) is 19.4 Å². The molecule has 0 saturated carbocycles. The first-order valence-electron chi connectivity index (χ1n) is 7.32. The summed E-state index contributed by atoms with van der Waals surface area (Å²) in [5, 5.41) is 18.8. The number of phenolic OH excluding ortho intramolecular Hbond substituents is 1. The lowest BCUT2D eigenvalue weighted by atomic mass is 10.1. The highest BCUT2D eigenvalue weighted by molar-refractivity contribution is 6.08. The Morgan fingerprint density at radius 3 is 2.46 bits per heavy atom. The normalized spacial score (nSPS) is 11.4. The SMILES string of the molecule is CC(C)(Oc1cccc(/C=C/C(=O)c2ccccc2O)c1)C(=O)O. The zero-order chi connectivity index (χ0) is 17.7. The molecule has 0 unspecified atom stereocenters. The second kappa shape index (κ2) is 7.00. The van der Waals surface area contributed by atoms with Crippen LogP contribution in [0.2, 0.25) is 0 Å². The van der Waals surface area contributed by atoms with E-state index in [1.807, 2.05) is 0 Å². The van der Waals surface area contributed by atoms with Crippen LogP contribution in [0.15, 0.2) is 54.6 Å². The van der Waals surface area contributed by atoms with E-state index in [9.17, 15) is 14.7 Å².